The van der Waals surface area contributed by atoms with Crippen LogP contribution in [0.2, 0.25) is 0 Å². The number of hydrogen-bond acceptors (Lipinski definition) is 5. The Morgan fingerprint density at radius 3 is 3.14 bits per heavy atom. The molecule has 82 valence electrons. The van der Waals surface area contributed by atoms with E-state index in [1.54, 1.807) is 0 Å². The van der Waals surface area contributed by atoms with E-state index in [1.807, 2.05) is 0 Å². The first-order valence-corrected chi connectivity index (χ1v) is 4.23. The van der Waals surface area contributed by atoms with Crippen LogP contribution >= 0.6 is 0 Å². The van der Waals surface area contributed by atoms with Gasteiger partial charge in [0.15, 0.2) is 17.7 Å². The summed E-state index contributed by atoms with van der Waals surface area (Å²) in [7, 11) is 1.36. The summed E-state index contributed by atoms with van der Waals surface area (Å²) in [4.78, 5) is 12.1. The summed E-state index contributed by atoms with van der Waals surface area (Å²) in [6.45, 7) is -1.62. The molecule has 5 heteroatoms. The van der Waals surface area contributed by atoms with Gasteiger partial charge in [-0.1, -0.05) is 0 Å². The average molecular weight is 209 g/mol. The Kier molecular flexibility index (Phi) is 1.74. The van der Waals surface area contributed by atoms with Crippen molar-refractivity contribution >= 4 is 5.78 Å². The van der Waals surface area contributed by atoms with Crippen LogP contribution in [-0.4, -0.2) is 50.1 Å². The van der Waals surface area contributed by atoms with Crippen LogP contribution in [0, 0.1) is 0 Å². The fraction of sp³-hybridized carbons (Fsp3) is 0.889. The van der Waals surface area contributed by atoms with E-state index in [4.69, 9.17) is 16.4 Å². The minimum Gasteiger partial charge on any atom is -0.389 e. The molecule has 5 nitrogen and oxygen atoms in total. The van der Waals surface area contributed by atoms with Crippen LogP contribution in [0.4, 0.5) is 0 Å². The Bertz CT molecular complexity index is 335. The van der Waals surface area contributed by atoms with Crippen LogP contribution in [0.5, 0.6) is 0 Å². The first-order chi connectivity index (χ1) is 8.73. The van der Waals surface area contributed by atoms with E-state index in [0.29, 0.717) is 0 Å². The number of carbonyl (C=O) groups is 1. The number of aliphatic hydroxyl groups excluding tert-OH is 1. The van der Waals surface area contributed by atoms with E-state index in [-0.39, 0.29) is 6.42 Å². The number of aliphatic hydroxyl groups is 2. The van der Waals surface area contributed by atoms with Gasteiger partial charge in [-0.2, -0.15) is 0 Å². The van der Waals surface area contributed by atoms with Gasteiger partial charge < -0.3 is 19.7 Å². The molecule has 1 aliphatic rings. The van der Waals surface area contributed by atoms with E-state index in [2.05, 4.69) is 10.2 Å². The van der Waals surface area contributed by atoms with E-state index < -0.39 is 36.7 Å². The summed E-state index contributed by atoms with van der Waals surface area (Å²) in [5.41, 5.74) is -2.18. The normalized spacial score (nSPS) is 49.6. The third kappa shape index (κ3) is 1.68. The number of hydrogen-bond donors (Lipinski definition) is 2. The lowest BCUT2D eigenvalue weighted by Gasteiger charge is -2.42. The zero-order valence-corrected chi connectivity index (χ0v) is 7.98. The molecule has 0 unspecified atom stereocenters. The zero-order valence-electron chi connectivity index (χ0n) is 13.0. The van der Waals surface area contributed by atoms with Crippen LogP contribution < -0.4 is 0 Å². The minimum absolute atomic E-state index is 0.0922. The van der Waals surface area contributed by atoms with Crippen molar-refractivity contribution in [3.63, 3.8) is 0 Å². The summed E-state index contributed by atoms with van der Waals surface area (Å²) in [6, 6.07) is 0. The van der Waals surface area contributed by atoms with Gasteiger partial charge in [-0.25, -0.2) is 0 Å². The first-order valence-electron chi connectivity index (χ1n) is 6.55. The SMILES string of the molecule is [2H]O[C@@H]1C[C@H](OC)O[C@@H](C)[C@]1(O[2H])C(=O)C([2H])([2H])[2H]. The fourth-order valence-corrected chi connectivity index (χ4v) is 1.48. The third-order valence-corrected chi connectivity index (χ3v) is 2.46. The van der Waals surface area contributed by atoms with Crippen molar-refractivity contribution < 1.29 is 28.6 Å². The van der Waals surface area contributed by atoms with Crippen LogP contribution in [0.1, 0.15) is 24.3 Å². The Morgan fingerprint density at radius 1 is 1.86 bits per heavy atom. The predicted molar refractivity (Wildman–Crippen MR) is 47.6 cm³/mol. The molecule has 0 saturated carbocycles. The number of Topliss-reactive ketones (excluding diaryl/α,β-unsaturated/α-hetero) is 1. The second kappa shape index (κ2) is 3.94. The molecule has 0 bridgehead atoms. The molecule has 0 aliphatic carbocycles. The molecule has 0 aromatic heterocycles. The van der Waals surface area contributed by atoms with E-state index in [9.17, 15) is 4.79 Å². The summed E-state index contributed by atoms with van der Waals surface area (Å²) < 4.78 is 45.8. The number of rotatable bonds is 4. The molecule has 1 rings (SSSR count). The van der Waals surface area contributed by atoms with Gasteiger partial charge in [0.05, 0.1) is 12.2 Å². The molecule has 4 atom stereocenters. The Balaban J connectivity index is 3.18. The molecule has 1 saturated heterocycles. The summed E-state index contributed by atoms with van der Waals surface area (Å²) in [6.07, 6.45) is -3.23. The maximum Gasteiger partial charge on any atom is 0.212 e. The fourth-order valence-electron chi connectivity index (χ4n) is 1.48. The van der Waals surface area contributed by atoms with Crippen molar-refractivity contribution in [3.05, 3.63) is 0 Å². The Hall–Kier alpha value is -0.490. The molecule has 0 aromatic rings. The highest BCUT2D eigenvalue weighted by molar-refractivity contribution is 5.86. The largest absolute Gasteiger partial charge is 0.389 e. The molecule has 14 heavy (non-hydrogen) atoms. The van der Waals surface area contributed by atoms with Gasteiger partial charge in [-0.3, -0.25) is 4.79 Å². The number of ether oxygens (including phenoxy) is 2. The Morgan fingerprint density at radius 2 is 2.64 bits per heavy atom. The van der Waals surface area contributed by atoms with Gasteiger partial charge in [0.1, 0.15) is 0 Å². The van der Waals surface area contributed by atoms with E-state index in [1.165, 1.54) is 14.0 Å². The molecule has 1 fully saturated rings. The lowest BCUT2D eigenvalue weighted by molar-refractivity contribution is -0.266. The van der Waals surface area contributed by atoms with E-state index in [0.717, 1.165) is 0 Å². The monoisotopic (exact) mass is 209 g/mol. The molecule has 0 amide bonds. The molecule has 2 N–H and O–H groups in total. The quantitative estimate of drug-likeness (QED) is 0.649. The number of methoxy groups -OCH3 is 1. The molecule has 1 heterocycles. The van der Waals surface area contributed by atoms with Crippen molar-refractivity contribution in [1.29, 1.82) is 2.86 Å². The van der Waals surface area contributed by atoms with Crippen molar-refractivity contribution in [2.24, 2.45) is 0 Å². The van der Waals surface area contributed by atoms with Crippen molar-refractivity contribution in [3.8, 4) is 0 Å². The standard InChI is InChI=1S/C9H16O5/c1-5(10)9(12)6(2)14-8(13-3)4-7(9)11/h6-8,11-12H,4H2,1-3H3/t6-,7+,8+,9+/m0/s1/i1D3,11D,12D. The highest BCUT2D eigenvalue weighted by Crippen LogP contribution is 2.30. The molecule has 0 spiro atoms. The lowest BCUT2D eigenvalue weighted by atomic mass is 9.83. The van der Waals surface area contributed by atoms with Gasteiger partial charge in [-0.15, -0.1) is 0 Å². The van der Waals surface area contributed by atoms with Gasteiger partial charge in [0, 0.05) is 17.6 Å². The molecular formula is C9H16O5. The smallest absolute Gasteiger partial charge is 0.212 e. The highest BCUT2D eigenvalue weighted by Gasteiger charge is 2.51. The molecule has 1 aliphatic heterocycles. The minimum atomic E-state index is -2.99. The maximum absolute atomic E-state index is 12.1. The lowest BCUT2D eigenvalue weighted by Crippen LogP contribution is -2.62. The van der Waals surface area contributed by atoms with Gasteiger partial charge in [0.25, 0.3) is 0 Å². The molecule has 0 aromatic carbocycles. The average Bonchev–Trinajstić information content (AvgIpc) is 2.36. The second-order valence-electron chi connectivity index (χ2n) is 3.29. The van der Waals surface area contributed by atoms with Gasteiger partial charge >= 0.3 is 0 Å². The van der Waals surface area contributed by atoms with Crippen LogP contribution in [0.3, 0.4) is 0 Å². The first kappa shape index (κ1) is 6.17. The second-order valence-corrected chi connectivity index (χ2v) is 3.29. The highest BCUT2D eigenvalue weighted by atomic mass is 16.7. The van der Waals surface area contributed by atoms with Crippen LogP contribution in [0.25, 0.3) is 0 Å². The summed E-state index contributed by atoms with van der Waals surface area (Å²) in [5.74, 6) is -1.32. The predicted octanol–water partition coefficient (Wildman–Crippen LogP) is -0.551. The Labute approximate surface area is 89.8 Å². The summed E-state index contributed by atoms with van der Waals surface area (Å²) >= 11 is 0. The van der Waals surface area contributed by atoms with Crippen LogP contribution in [0.15, 0.2) is 0 Å². The van der Waals surface area contributed by atoms with Crippen molar-refractivity contribution in [1.82, 2.24) is 0 Å². The summed E-state index contributed by atoms with van der Waals surface area (Å²) in [5, 5.41) is 8.78. The van der Waals surface area contributed by atoms with Crippen molar-refractivity contribution in [2.45, 2.75) is 44.3 Å². The number of carbonyl (C=O) groups excluding carboxylic acids is 1. The maximum atomic E-state index is 12.1. The van der Waals surface area contributed by atoms with Gasteiger partial charge in [0.2, 0.25) is 2.86 Å². The van der Waals surface area contributed by atoms with Gasteiger partial charge in [-0.05, 0) is 13.8 Å². The number of ketones is 1. The van der Waals surface area contributed by atoms with Crippen LogP contribution in [-0.2, 0) is 14.3 Å². The van der Waals surface area contributed by atoms with Crippen molar-refractivity contribution in [2.75, 3.05) is 7.11 Å². The zero-order chi connectivity index (χ0) is 14.8. The molecule has 0 radical (unpaired) electrons. The van der Waals surface area contributed by atoms with E-state index >= 15 is 0 Å². The third-order valence-electron chi connectivity index (χ3n) is 2.46. The topological polar surface area (TPSA) is 76.0 Å². The molecular weight excluding hydrogens is 188 g/mol.